The van der Waals surface area contributed by atoms with Crippen molar-refractivity contribution in [3.63, 3.8) is 0 Å². The van der Waals surface area contributed by atoms with E-state index in [1.165, 1.54) is 32.3 Å². The van der Waals surface area contributed by atoms with Crippen molar-refractivity contribution in [2.24, 2.45) is 0 Å². The molecule has 0 aromatic heterocycles. The van der Waals surface area contributed by atoms with Gasteiger partial charge in [-0.3, -0.25) is 0 Å². The highest BCUT2D eigenvalue weighted by molar-refractivity contribution is 6.22. The molecule has 0 aliphatic rings. The molecule has 1 heteroatoms. The van der Waals surface area contributed by atoms with Gasteiger partial charge in [0.05, 0.1) is 0 Å². The third kappa shape index (κ3) is 1.23. The van der Waals surface area contributed by atoms with Gasteiger partial charge in [0, 0.05) is 5.48 Å². The van der Waals surface area contributed by atoms with Crippen molar-refractivity contribution in [2.45, 2.75) is 0 Å². The van der Waals surface area contributed by atoms with E-state index in [0.717, 1.165) is 0 Å². The van der Waals surface area contributed by atoms with E-state index in [1.807, 2.05) is 0 Å². The molecule has 2 radical (unpaired) electrons. The molecule has 0 N–H and O–H groups in total. The Balaban J connectivity index is 0.000000902. The molecular formula is C16H10O. The van der Waals surface area contributed by atoms with Gasteiger partial charge in [-0.15, -0.1) is 0 Å². The van der Waals surface area contributed by atoms with E-state index in [-0.39, 0.29) is 5.48 Å². The average Bonchev–Trinajstić information content (AvgIpc) is 2.36. The summed E-state index contributed by atoms with van der Waals surface area (Å²) in [5.41, 5.74) is 0. The van der Waals surface area contributed by atoms with Gasteiger partial charge >= 0.3 is 0 Å². The molecule has 4 aromatic rings. The zero-order chi connectivity index (χ0) is 10.5. The van der Waals surface area contributed by atoms with Crippen LogP contribution in [0.25, 0.3) is 32.3 Å². The van der Waals surface area contributed by atoms with Gasteiger partial charge in [0.25, 0.3) is 0 Å². The van der Waals surface area contributed by atoms with Crippen molar-refractivity contribution in [1.82, 2.24) is 0 Å². The summed E-state index contributed by atoms with van der Waals surface area (Å²) in [6, 6.07) is 21.9. The van der Waals surface area contributed by atoms with Crippen LogP contribution in [0.4, 0.5) is 0 Å². The van der Waals surface area contributed by atoms with Crippen LogP contribution in [0, 0.1) is 0 Å². The second-order valence-corrected chi connectivity index (χ2v) is 4.29. The van der Waals surface area contributed by atoms with Gasteiger partial charge < -0.3 is 0 Å². The summed E-state index contributed by atoms with van der Waals surface area (Å²) in [6.45, 7) is 0. The van der Waals surface area contributed by atoms with Crippen LogP contribution in [0.3, 0.4) is 0 Å². The first-order valence-corrected chi connectivity index (χ1v) is 5.56. The quantitative estimate of drug-likeness (QED) is 0.390. The second-order valence-electron chi connectivity index (χ2n) is 4.29. The van der Waals surface area contributed by atoms with Gasteiger partial charge in [-0.1, -0.05) is 60.7 Å². The van der Waals surface area contributed by atoms with Crippen LogP contribution in [0.1, 0.15) is 0 Å². The summed E-state index contributed by atoms with van der Waals surface area (Å²) in [5, 5.41) is 8.14. The highest BCUT2D eigenvalue weighted by atomic mass is 16.0. The molecule has 0 aliphatic heterocycles. The van der Waals surface area contributed by atoms with Crippen molar-refractivity contribution in [3.05, 3.63) is 60.7 Å². The van der Waals surface area contributed by atoms with Crippen LogP contribution in [0.2, 0.25) is 0 Å². The molecule has 0 aliphatic carbocycles. The monoisotopic (exact) mass is 218 g/mol. The summed E-state index contributed by atoms with van der Waals surface area (Å²) >= 11 is 0. The third-order valence-corrected chi connectivity index (χ3v) is 3.39. The molecule has 4 aromatic carbocycles. The topological polar surface area (TPSA) is 28.5 Å². The van der Waals surface area contributed by atoms with Gasteiger partial charge in [0.2, 0.25) is 0 Å². The lowest BCUT2D eigenvalue weighted by Crippen LogP contribution is -1.82. The van der Waals surface area contributed by atoms with Crippen molar-refractivity contribution in [1.29, 1.82) is 0 Å². The van der Waals surface area contributed by atoms with E-state index >= 15 is 0 Å². The van der Waals surface area contributed by atoms with Crippen molar-refractivity contribution < 1.29 is 5.48 Å². The standard InChI is InChI=1S/C16H10.O/c1-3-11-7-9-13-5-2-6-14-10-8-12(4-1)15(11)16(13)14;/h1-10H;. The lowest BCUT2D eigenvalue weighted by molar-refractivity contribution is 0.686. The van der Waals surface area contributed by atoms with Crippen molar-refractivity contribution in [3.8, 4) is 0 Å². The largest absolute Gasteiger partial charge is 0.0610 e. The minimum atomic E-state index is 0. The lowest BCUT2D eigenvalue weighted by atomic mass is 9.95. The fourth-order valence-corrected chi connectivity index (χ4v) is 2.67. The third-order valence-electron chi connectivity index (χ3n) is 3.39. The molecular weight excluding hydrogens is 208 g/mol. The summed E-state index contributed by atoms with van der Waals surface area (Å²) in [4.78, 5) is 0. The SMILES string of the molecule is [O].c1cc2ccc3cccc4ccc(c1)c2c34. The smallest absolute Gasteiger partial charge is 0 e. The Morgan fingerprint density at radius 2 is 0.706 bits per heavy atom. The molecule has 0 spiro atoms. The Kier molecular flexibility index (Phi) is 2.03. The Labute approximate surface area is 98.9 Å². The van der Waals surface area contributed by atoms with Crippen LogP contribution in [-0.2, 0) is 5.48 Å². The summed E-state index contributed by atoms with van der Waals surface area (Å²) in [7, 11) is 0. The maximum Gasteiger partial charge on any atom is 0 e. The Morgan fingerprint density at radius 3 is 1.00 bits per heavy atom. The molecule has 0 atom stereocenters. The van der Waals surface area contributed by atoms with Crippen LogP contribution in [-0.4, -0.2) is 0 Å². The predicted molar refractivity (Wildman–Crippen MR) is 70.8 cm³/mol. The first kappa shape index (κ1) is 10.1. The average molecular weight is 218 g/mol. The molecule has 0 saturated carbocycles. The molecule has 0 heterocycles. The van der Waals surface area contributed by atoms with E-state index in [9.17, 15) is 0 Å². The maximum atomic E-state index is 2.21. The van der Waals surface area contributed by atoms with E-state index < -0.39 is 0 Å². The summed E-state index contributed by atoms with van der Waals surface area (Å²) in [5.74, 6) is 0. The van der Waals surface area contributed by atoms with Gasteiger partial charge in [0.15, 0.2) is 0 Å². The number of hydrogen-bond donors (Lipinski definition) is 0. The van der Waals surface area contributed by atoms with E-state index in [4.69, 9.17) is 0 Å². The number of rotatable bonds is 0. The first-order chi connectivity index (χ1) is 7.93. The zero-order valence-corrected chi connectivity index (χ0v) is 9.18. The maximum absolute atomic E-state index is 2.21. The molecule has 0 saturated heterocycles. The first-order valence-electron chi connectivity index (χ1n) is 5.56. The van der Waals surface area contributed by atoms with Crippen LogP contribution < -0.4 is 0 Å². The normalized spacial score (nSPS) is 11.1. The fraction of sp³-hybridized carbons (Fsp3) is 0. The van der Waals surface area contributed by atoms with E-state index in [1.54, 1.807) is 0 Å². The molecule has 1 nitrogen and oxygen atoms in total. The molecule has 80 valence electrons. The summed E-state index contributed by atoms with van der Waals surface area (Å²) in [6.07, 6.45) is 0. The second kappa shape index (κ2) is 3.44. The molecule has 0 unspecified atom stereocenters. The predicted octanol–water partition coefficient (Wildman–Crippen LogP) is 4.47. The van der Waals surface area contributed by atoms with Gasteiger partial charge in [-0.2, -0.15) is 0 Å². The number of hydrogen-bond acceptors (Lipinski definition) is 0. The van der Waals surface area contributed by atoms with Gasteiger partial charge in [0.1, 0.15) is 0 Å². The van der Waals surface area contributed by atoms with Crippen molar-refractivity contribution in [2.75, 3.05) is 0 Å². The Bertz CT molecular complexity index is 672. The minimum absolute atomic E-state index is 0. The highest BCUT2D eigenvalue weighted by Crippen LogP contribution is 2.33. The molecule has 0 amide bonds. The zero-order valence-electron chi connectivity index (χ0n) is 9.18. The van der Waals surface area contributed by atoms with Gasteiger partial charge in [-0.05, 0) is 32.3 Å². The summed E-state index contributed by atoms with van der Waals surface area (Å²) < 4.78 is 0. The molecule has 0 fully saturated rings. The fourth-order valence-electron chi connectivity index (χ4n) is 2.67. The Morgan fingerprint density at radius 1 is 0.412 bits per heavy atom. The highest BCUT2D eigenvalue weighted by Gasteiger charge is 2.05. The Hall–Kier alpha value is -2.12. The van der Waals surface area contributed by atoms with E-state index in [0.29, 0.717) is 0 Å². The van der Waals surface area contributed by atoms with E-state index in [2.05, 4.69) is 60.7 Å². The van der Waals surface area contributed by atoms with Crippen LogP contribution in [0.5, 0.6) is 0 Å². The van der Waals surface area contributed by atoms with Crippen LogP contribution in [0.15, 0.2) is 60.7 Å². The van der Waals surface area contributed by atoms with Crippen molar-refractivity contribution >= 4 is 32.3 Å². The molecule has 0 bridgehead atoms. The lowest BCUT2D eigenvalue weighted by Gasteiger charge is -2.09. The minimum Gasteiger partial charge on any atom is -0.0610 e. The molecule has 17 heavy (non-hydrogen) atoms. The van der Waals surface area contributed by atoms with Crippen LogP contribution >= 0.6 is 0 Å². The molecule has 4 rings (SSSR count). The van der Waals surface area contributed by atoms with Gasteiger partial charge in [-0.25, -0.2) is 0 Å². The number of benzene rings is 4.